The number of aryl methyl sites for hydroxylation is 1. The Morgan fingerprint density at radius 1 is 0.914 bits per heavy atom. The first-order valence-electron chi connectivity index (χ1n) is 11.4. The molecular formula is C29H29NO5. The maximum absolute atomic E-state index is 12.7. The van der Waals surface area contributed by atoms with Crippen LogP contribution in [0.25, 0.3) is 27.7 Å². The van der Waals surface area contributed by atoms with Gasteiger partial charge in [0.1, 0.15) is 22.8 Å². The van der Waals surface area contributed by atoms with Gasteiger partial charge in [-0.2, -0.15) is 0 Å². The number of methoxy groups -OCH3 is 3. The molecule has 0 spiro atoms. The number of carbonyl (C=O) groups is 1. The molecule has 0 radical (unpaired) electrons. The van der Waals surface area contributed by atoms with Crippen LogP contribution in [-0.4, -0.2) is 27.2 Å². The molecule has 0 aliphatic rings. The van der Waals surface area contributed by atoms with E-state index in [4.69, 9.17) is 18.6 Å². The van der Waals surface area contributed by atoms with E-state index in [0.29, 0.717) is 22.8 Å². The molecule has 0 aliphatic heterocycles. The van der Waals surface area contributed by atoms with E-state index in [2.05, 4.69) is 12.2 Å². The molecule has 1 amide bonds. The molecule has 35 heavy (non-hydrogen) atoms. The number of hydrogen-bond acceptors (Lipinski definition) is 5. The average molecular weight is 472 g/mol. The minimum absolute atomic E-state index is 0.212. The molecule has 0 unspecified atom stereocenters. The largest absolute Gasteiger partial charge is 0.497 e. The number of anilines is 1. The standard InChI is InChI=1S/C29H29NO5/c1-6-19-7-9-20(10-8-19)30-29(31)13-18(2)22-15-24-25(17-35-28(24)16-27(22)34-5)23-14-21(32-3)11-12-26(23)33-4/h7-17H,6H2,1-5H3,(H,30,31)/b18-13+. The Balaban J connectivity index is 1.72. The summed E-state index contributed by atoms with van der Waals surface area (Å²) in [6.45, 7) is 3.98. The van der Waals surface area contributed by atoms with E-state index in [9.17, 15) is 4.79 Å². The van der Waals surface area contributed by atoms with E-state index in [-0.39, 0.29) is 5.91 Å². The lowest BCUT2D eigenvalue weighted by Gasteiger charge is -2.12. The normalized spacial score (nSPS) is 11.4. The van der Waals surface area contributed by atoms with Gasteiger partial charge < -0.3 is 23.9 Å². The molecule has 0 atom stereocenters. The lowest BCUT2D eigenvalue weighted by molar-refractivity contribution is -0.111. The fraction of sp³-hybridized carbons (Fsp3) is 0.207. The van der Waals surface area contributed by atoms with Crippen molar-refractivity contribution in [3.05, 3.63) is 78.1 Å². The number of ether oxygens (including phenoxy) is 3. The summed E-state index contributed by atoms with van der Waals surface area (Å²) < 4.78 is 22.5. The highest BCUT2D eigenvalue weighted by Gasteiger charge is 2.18. The van der Waals surface area contributed by atoms with Gasteiger partial charge in [0.2, 0.25) is 5.91 Å². The first-order valence-corrected chi connectivity index (χ1v) is 11.4. The predicted octanol–water partition coefficient (Wildman–Crippen LogP) is 6.73. The highest BCUT2D eigenvalue weighted by atomic mass is 16.5. The molecule has 180 valence electrons. The second-order valence-electron chi connectivity index (χ2n) is 8.13. The zero-order valence-electron chi connectivity index (χ0n) is 20.6. The fourth-order valence-electron chi connectivity index (χ4n) is 4.04. The summed E-state index contributed by atoms with van der Waals surface area (Å²) in [4.78, 5) is 12.7. The molecule has 0 bridgehead atoms. The topological polar surface area (TPSA) is 69.9 Å². The van der Waals surface area contributed by atoms with Gasteiger partial charge in [-0.15, -0.1) is 0 Å². The van der Waals surface area contributed by atoms with Crippen LogP contribution in [-0.2, 0) is 11.2 Å². The van der Waals surface area contributed by atoms with Crippen LogP contribution in [0.4, 0.5) is 5.69 Å². The molecule has 1 heterocycles. The van der Waals surface area contributed by atoms with E-state index < -0.39 is 0 Å². The minimum atomic E-state index is -0.212. The van der Waals surface area contributed by atoms with Crippen molar-refractivity contribution in [1.29, 1.82) is 0 Å². The summed E-state index contributed by atoms with van der Waals surface area (Å²) >= 11 is 0. The van der Waals surface area contributed by atoms with Crippen LogP contribution in [0.2, 0.25) is 0 Å². The molecule has 1 aromatic heterocycles. The van der Waals surface area contributed by atoms with Gasteiger partial charge in [-0.1, -0.05) is 19.1 Å². The Hall–Kier alpha value is -4.19. The summed E-state index contributed by atoms with van der Waals surface area (Å²) in [5.41, 5.74) is 5.89. The van der Waals surface area contributed by atoms with Crippen molar-refractivity contribution in [1.82, 2.24) is 0 Å². The lowest BCUT2D eigenvalue weighted by atomic mass is 9.98. The monoisotopic (exact) mass is 471 g/mol. The Kier molecular flexibility index (Phi) is 7.11. The van der Waals surface area contributed by atoms with E-state index in [1.165, 1.54) is 5.56 Å². The molecule has 0 saturated carbocycles. The van der Waals surface area contributed by atoms with Crippen molar-refractivity contribution in [2.24, 2.45) is 0 Å². The van der Waals surface area contributed by atoms with E-state index in [1.54, 1.807) is 33.7 Å². The predicted molar refractivity (Wildman–Crippen MR) is 139 cm³/mol. The number of furan rings is 1. The van der Waals surface area contributed by atoms with Gasteiger partial charge in [0.15, 0.2) is 0 Å². The highest BCUT2D eigenvalue weighted by molar-refractivity contribution is 6.05. The van der Waals surface area contributed by atoms with E-state index >= 15 is 0 Å². The Labute approximate surface area is 205 Å². The number of hydrogen-bond donors (Lipinski definition) is 1. The molecule has 6 nitrogen and oxygen atoms in total. The molecule has 1 N–H and O–H groups in total. The number of fused-ring (bicyclic) bond motifs is 1. The molecule has 6 heteroatoms. The van der Waals surface area contributed by atoms with Crippen LogP contribution in [0.3, 0.4) is 0 Å². The van der Waals surface area contributed by atoms with Gasteiger partial charge >= 0.3 is 0 Å². The lowest BCUT2D eigenvalue weighted by Crippen LogP contribution is -2.08. The number of carbonyl (C=O) groups excluding carboxylic acids is 1. The van der Waals surface area contributed by atoms with Crippen molar-refractivity contribution in [2.75, 3.05) is 26.6 Å². The SMILES string of the molecule is CCc1ccc(NC(=O)/C=C(\C)c2cc3c(-c4cc(OC)ccc4OC)coc3cc2OC)cc1. The fourth-order valence-corrected chi connectivity index (χ4v) is 4.04. The first kappa shape index (κ1) is 24.0. The quantitative estimate of drug-likeness (QED) is 0.289. The second kappa shape index (κ2) is 10.4. The second-order valence-corrected chi connectivity index (χ2v) is 8.13. The molecule has 3 aromatic carbocycles. The van der Waals surface area contributed by atoms with Crippen LogP contribution in [0.15, 0.2) is 71.4 Å². The molecule has 4 rings (SSSR count). The molecule has 0 saturated heterocycles. The molecule has 0 aliphatic carbocycles. The minimum Gasteiger partial charge on any atom is -0.497 e. The van der Waals surface area contributed by atoms with Crippen molar-refractivity contribution < 1.29 is 23.4 Å². The average Bonchev–Trinajstić information content (AvgIpc) is 3.30. The third-order valence-electron chi connectivity index (χ3n) is 5.99. The van der Waals surface area contributed by atoms with Gasteiger partial charge in [0, 0.05) is 39.9 Å². The Morgan fingerprint density at radius 3 is 2.31 bits per heavy atom. The van der Waals surface area contributed by atoms with Crippen LogP contribution in [0, 0.1) is 0 Å². The van der Waals surface area contributed by atoms with Crippen LogP contribution in [0.5, 0.6) is 17.2 Å². The number of rotatable bonds is 8. The smallest absolute Gasteiger partial charge is 0.248 e. The molecule has 4 aromatic rings. The molecule has 0 fully saturated rings. The van der Waals surface area contributed by atoms with E-state index in [0.717, 1.165) is 39.8 Å². The van der Waals surface area contributed by atoms with Crippen molar-refractivity contribution in [3.63, 3.8) is 0 Å². The maximum atomic E-state index is 12.7. The zero-order valence-corrected chi connectivity index (χ0v) is 20.6. The first-order chi connectivity index (χ1) is 17.0. The van der Waals surface area contributed by atoms with Crippen LogP contribution < -0.4 is 19.5 Å². The number of benzene rings is 3. The third-order valence-corrected chi connectivity index (χ3v) is 5.99. The summed E-state index contributed by atoms with van der Waals surface area (Å²) in [5, 5.41) is 3.79. The van der Waals surface area contributed by atoms with Crippen LogP contribution >= 0.6 is 0 Å². The van der Waals surface area contributed by atoms with Crippen molar-refractivity contribution in [3.8, 4) is 28.4 Å². The van der Waals surface area contributed by atoms with Crippen molar-refractivity contribution in [2.45, 2.75) is 20.3 Å². The summed E-state index contributed by atoms with van der Waals surface area (Å²) in [5.74, 6) is 1.82. The van der Waals surface area contributed by atoms with E-state index in [1.807, 2.05) is 61.5 Å². The van der Waals surface area contributed by atoms with Gasteiger partial charge in [0.05, 0.1) is 27.6 Å². The number of nitrogens with one attached hydrogen (secondary N) is 1. The van der Waals surface area contributed by atoms with Crippen molar-refractivity contribution >= 4 is 28.1 Å². The van der Waals surface area contributed by atoms with Gasteiger partial charge in [-0.3, -0.25) is 4.79 Å². The van der Waals surface area contributed by atoms with Gasteiger partial charge in [-0.05, 0) is 60.9 Å². The summed E-state index contributed by atoms with van der Waals surface area (Å²) in [6.07, 6.45) is 4.22. The Morgan fingerprint density at radius 2 is 1.66 bits per heavy atom. The highest BCUT2D eigenvalue weighted by Crippen LogP contribution is 2.41. The van der Waals surface area contributed by atoms with Gasteiger partial charge in [-0.25, -0.2) is 0 Å². The third kappa shape index (κ3) is 5.01. The number of amides is 1. The summed E-state index contributed by atoms with van der Waals surface area (Å²) in [6, 6.07) is 17.3. The Bertz CT molecular complexity index is 1380. The zero-order chi connectivity index (χ0) is 24.9. The van der Waals surface area contributed by atoms with Crippen LogP contribution in [0.1, 0.15) is 25.0 Å². The molecular weight excluding hydrogens is 442 g/mol. The van der Waals surface area contributed by atoms with Gasteiger partial charge in [0.25, 0.3) is 0 Å². The maximum Gasteiger partial charge on any atom is 0.248 e. The summed E-state index contributed by atoms with van der Waals surface area (Å²) in [7, 11) is 4.85. The number of allylic oxidation sites excluding steroid dienone is 1.